The summed E-state index contributed by atoms with van der Waals surface area (Å²) >= 11 is 0. The average Bonchev–Trinajstić information content (AvgIpc) is 2.58. The fraction of sp³-hybridized carbons (Fsp3) is 0.400. The van der Waals surface area contributed by atoms with E-state index in [1.54, 1.807) is 0 Å². The number of hydrogen-bond acceptors (Lipinski definition) is 1. The van der Waals surface area contributed by atoms with Crippen molar-refractivity contribution in [3.8, 4) is 0 Å². The Kier molecular flexibility index (Phi) is 5.07. The molecule has 110 valence electrons. The number of rotatable bonds is 5. The third-order valence-electron chi connectivity index (χ3n) is 4.57. The van der Waals surface area contributed by atoms with Gasteiger partial charge >= 0.3 is 0 Å². The van der Waals surface area contributed by atoms with E-state index < -0.39 is 0 Å². The number of piperidine rings is 1. The third kappa shape index (κ3) is 3.95. The zero-order valence-corrected chi connectivity index (χ0v) is 12.7. The van der Waals surface area contributed by atoms with Gasteiger partial charge in [-0.15, -0.1) is 0 Å². The molecule has 1 aliphatic heterocycles. The van der Waals surface area contributed by atoms with Gasteiger partial charge in [0.15, 0.2) is 0 Å². The maximum absolute atomic E-state index is 2.70. The quantitative estimate of drug-likeness (QED) is 0.756. The third-order valence-corrected chi connectivity index (χ3v) is 4.57. The van der Waals surface area contributed by atoms with Crippen LogP contribution in [0, 0.1) is 0 Å². The van der Waals surface area contributed by atoms with E-state index in [4.69, 9.17) is 0 Å². The normalized spacial score (nSPS) is 17.5. The van der Waals surface area contributed by atoms with Gasteiger partial charge in [0, 0.05) is 6.04 Å². The highest BCUT2D eigenvalue weighted by Crippen LogP contribution is 2.28. The largest absolute Gasteiger partial charge is 0.296 e. The summed E-state index contributed by atoms with van der Waals surface area (Å²) in [5.74, 6) is 0. The first-order valence-corrected chi connectivity index (χ1v) is 8.26. The fourth-order valence-corrected chi connectivity index (χ4v) is 3.41. The molecule has 0 N–H and O–H groups in total. The molecule has 2 aromatic carbocycles. The Hall–Kier alpha value is -1.60. The molecule has 0 spiro atoms. The van der Waals surface area contributed by atoms with E-state index >= 15 is 0 Å². The molecular formula is C20H25N. The first kappa shape index (κ1) is 14.3. The maximum atomic E-state index is 2.70. The molecule has 1 heteroatoms. The van der Waals surface area contributed by atoms with E-state index in [9.17, 15) is 0 Å². The van der Waals surface area contributed by atoms with Crippen LogP contribution in [0.25, 0.3) is 0 Å². The lowest BCUT2D eigenvalue weighted by molar-refractivity contribution is 0.156. The minimum atomic E-state index is 0.576. The molecule has 2 aromatic rings. The standard InChI is InChI=1S/C20H25N/c1-4-10-18(11-5-1)14-15-20(19-12-6-2-7-13-19)21-16-8-3-9-17-21/h1-2,4-7,10-13,20H,3,8-9,14-17H2. The zero-order chi connectivity index (χ0) is 14.3. The molecule has 1 atom stereocenters. The molecule has 1 heterocycles. The monoisotopic (exact) mass is 279 g/mol. The van der Waals surface area contributed by atoms with Gasteiger partial charge in [0.05, 0.1) is 0 Å². The maximum Gasteiger partial charge on any atom is 0.0351 e. The lowest BCUT2D eigenvalue weighted by Gasteiger charge is -2.35. The Morgan fingerprint density at radius 3 is 2.05 bits per heavy atom. The van der Waals surface area contributed by atoms with Crippen molar-refractivity contribution in [3.63, 3.8) is 0 Å². The van der Waals surface area contributed by atoms with Gasteiger partial charge in [-0.3, -0.25) is 4.90 Å². The van der Waals surface area contributed by atoms with Gasteiger partial charge in [-0.05, 0) is 49.9 Å². The Balaban J connectivity index is 1.72. The summed E-state index contributed by atoms with van der Waals surface area (Å²) in [5, 5.41) is 0. The summed E-state index contributed by atoms with van der Waals surface area (Å²) in [6.45, 7) is 2.52. The van der Waals surface area contributed by atoms with Crippen molar-refractivity contribution >= 4 is 0 Å². The molecule has 1 aliphatic rings. The van der Waals surface area contributed by atoms with Crippen molar-refractivity contribution in [2.45, 2.75) is 38.1 Å². The number of likely N-dealkylation sites (tertiary alicyclic amines) is 1. The summed E-state index contributed by atoms with van der Waals surface area (Å²) in [6, 6.07) is 22.5. The lowest BCUT2D eigenvalue weighted by Crippen LogP contribution is -2.34. The van der Waals surface area contributed by atoms with Crippen molar-refractivity contribution in [1.82, 2.24) is 4.90 Å². The highest BCUT2D eigenvalue weighted by atomic mass is 15.2. The SMILES string of the molecule is c1ccc(CCC(c2ccccc2)N2CCCCC2)cc1. The molecule has 0 radical (unpaired) electrons. The summed E-state index contributed by atoms with van der Waals surface area (Å²) in [6.07, 6.45) is 6.49. The van der Waals surface area contributed by atoms with Crippen molar-refractivity contribution in [3.05, 3.63) is 71.8 Å². The first-order valence-electron chi connectivity index (χ1n) is 8.26. The molecule has 1 nitrogen and oxygen atoms in total. The Labute approximate surface area is 128 Å². The van der Waals surface area contributed by atoms with Crippen molar-refractivity contribution in [1.29, 1.82) is 0 Å². The second kappa shape index (κ2) is 7.42. The summed E-state index contributed by atoms with van der Waals surface area (Å²) in [7, 11) is 0. The van der Waals surface area contributed by atoms with Crippen LogP contribution >= 0.6 is 0 Å². The minimum Gasteiger partial charge on any atom is -0.296 e. The number of hydrogen-bond donors (Lipinski definition) is 0. The van der Waals surface area contributed by atoms with E-state index in [1.807, 2.05) is 0 Å². The summed E-state index contributed by atoms with van der Waals surface area (Å²) in [4.78, 5) is 2.70. The van der Waals surface area contributed by atoms with E-state index in [2.05, 4.69) is 65.6 Å². The fourth-order valence-electron chi connectivity index (χ4n) is 3.41. The molecule has 0 bridgehead atoms. The molecule has 1 unspecified atom stereocenters. The van der Waals surface area contributed by atoms with E-state index in [1.165, 1.54) is 49.9 Å². The molecule has 0 saturated carbocycles. The molecule has 0 amide bonds. The van der Waals surface area contributed by atoms with Crippen molar-refractivity contribution < 1.29 is 0 Å². The minimum absolute atomic E-state index is 0.576. The Bertz CT molecular complexity index is 514. The Morgan fingerprint density at radius 1 is 0.762 bits per heavy atom. The van der Waals surface area contributed by atoms with Crippen LogP contribution in [-0.4, -0.2) is 18.0 Å². The summed E-state index contributed by atoms with van der Waals surface area (Å²) < 4.78 is 0. The van der Waals surface area contributed by atoms with Crippen LogP contribution in [0.3, 0.4) is 0 Å². The van der Waals surface area contributed by atoms with Crippen LogP contribution in [0.4, 0.5) is 0 Å². The van der Waals surface area contributed by atoms with Gasteiger partial charge in [0.2, 0.25) is 0 Å². The van der Waals surface area contributed by atoms with E-state index in [-0.39, 0.29) is 0 Å². The zero-order valence-electron chi connectivity index (χ0n) is 12.7. The van der Waals surface area contributed by atoms with Crippen LogP contribution in [0.2, 0.25) is 0 Å². The van der Waals surface area contributed by atoms with Crippen molar-refractivity contribution in [2.75, 3.05) is 13.1 Å². The van der Waals surface area contributed by atoms with Gasteiger partial charge < -0.3 is 0 Å². The smallest absolute Gasteiger partial charge is 0.0351 e. The van der Waals surface area contributed by atoms with Crippen LogP contribution in [0.1, 0.15) is 42.9 Å². The number of nitrogens with zero attached hydrogens (tertiary/aromatic N) is 1. The highest BCUT2D eigenvalue weighted by Gasteiger charge is 2.21. The van der Waals surface area contributed by atoms with Crippen LogP contribution in [0.5, 0.6) is 0 Å². The summed E-state index contributed by atoms with van der Waals surface area (Å²) in [5.41, 5.74) is 2.94. The number of aryl methyl sites for hydroxylation is 1. The molecular weight excluding hydrogens is 254 g/mol. The lowest BCUT2D eigenvalue weighted by atomic mass is 9.95. The second-order valence-corrected chi connectivity index (χ2v) is 6.05. The van der Waals surface area contributed by atoms with Gasteiger partial charge in [0.25, 0.3) is 0 Å². The first-order chi connectivity index (χ1) is 10.4. The molecule has 1 fully saturated rings. The van der Waals surface area contributed by atoms with Gasteiger partial charge in [0.1, 0.15) is 0 Å². The molecule has 21 heavy (non-hydrogen) atoms. The number of benzene rings is 2. The highest BCUT2D eigenvalue weighted by molar-refractivity contribution is 5.21. The van der Waals surface area contributed by atoms with Crippen LogP contribution < -0.4 is 0 Å². The van der Waals surface area contributed by atoms with E-state index in [0.29, 0.717) is 6.04 Å². The van der Waals surface area contributed by atoms with Gasteiger partial charge in [-0.25, -0.2) is 0 Å². The van der Waals surface area contributed by atoms with Crippen LogP contribution in [0.15, 0.2) is 60.7 Å². The molecule has 0 aliphatic carbocycles. The Morgan fingerprint density at radius 2 is 1.38 bits per heavy atom. The molecule has 3 rings (SSSR count). The molecule has 1 saturated heterocycles. The van der Waals surface area contributed by atoms with Gasteiger partial charge in [-0.2, -0.15) is 0 Å². The second-order valence-electron chi connectivity index (χ2n) is 6.05. The van der Waals surface area contributed by atoms with Crippen molar-refractivity contribution in [2.24, 2.45) is 0 Å². The predicted molar refractivity (Wildman–Crippen MR) is 89.4 cm³/mol. The average molecular weight is 279 g/mol. The predicted octanol–water partition coefficient (Wildman–Crippen LogP) is 4.85. The van der Waals surface area contributed by atoms with Gasteiger partial charge in [-0.1, -0.05) is 67.1 Å². The topological polar surface area (TPSA) is 3.24 Å². The van der Waals surface area contributed by atoms with E-state index in [0.717, 1.165) is 6.42 Å². The molecule has 0 aromatic heterocycles. The van der Waals surface area contributed by atoms with Crippen LogP contribution in [-0.2, 0) is 6.42 Å².